The van der Waals surface area contributed by atoms with Crippen molar-refractivity contribution in [3.63, 3.8) is 0 Å². The van der Waals surface area contributed by atoms with E-state index in [1.807, 2.05) is 66.3 Å². The average molecular weight is 298 g/mol. The van der Waals surface area contributed by atoms with Crippen molar-refractivity contribution in [2.24, 2.45) is 0 Å². The minimum atomic E-state index is -0.0179. The van der Waals surface area contributed by atoms with Gasteiger partial charge < -0.3 is 10.2 Å². The molecular formula is C18H24N3O+. The van der Waals surface area contributed by atoms with Crippen LogP contribution in [0.2, 0.25) is 0 Å². The van der Waals surface area contributed by atoms with Gasteiger partial charge in [-0.25, -0.2) is 0 Å². The number of nitrogens with zero attached hydrogens (tertiary/aromatic N) is 2. The Labute approximate surface area is 132 Å². The molecule has 0 saturated heterocycles. The molecule has 4 nitrogen and oxygen atoms in total. The van der Waals surface area contributed by atoms with Gasteiger partial charge in [0.1, 0.15) is 0 Å². The van der Waals surface area contributed by atoms with Gasteiger partial charge in [-0.3, -0.25) is 4.79 Å². The Morgan fingerprint density at radius 2 is 1.77 bits per heavy atom. The molecule has 1 N–H and O–H groups in total. The van der Waals surface area contributed by atoms with Crippen molar-refractivity contribution >= 4 is 17.3 Å². The zero-order chi connectivity index (χ0) is 16.1. The van der Waals surface area contributed by atoms with Gasteiger partial charge in [0, 0.05) is 37.6 Å². The Hall–Kier alpha value is -2.36. The Kier molecular flexibility index (Phi) is 5.15. The van der Waals surface area contributed by atoms with Crippen molar-refractivity contribution in [1.29, 1.82) is 0 Å². The van der Waals surface area contributed by atoms with Gasteiger partial charge in [0.15, 0.2) is 12.4 Å². The van der Waals surface area contributed by atoms with Crippen molar-refractivity contribution in [3.8, 4) is 0 Å². The number of nitrogens with one attached hydrogen (secondary N) is 1. The van der Waals surface area contributed by atoms with Crippen LogP contribution in [-0.2, 0) is 11.3 Å². The fourth-order valence-electron chi connectivity index (χ4n) is 2.32. The summed E-state index contributed by atoms with van der Waals surface area (Å²) in [5.41, 5.74) is 3.17. The molecule has 0 unspecified atom stereocenters. The molecule has 0 spiro atoms. The quantitative estimate of drug-likeness (QED) is 0.862. The van der Waals surface area contributed by atoms with E-state index in [-0.39, 0.29) is 5.91 Å². The van der Waals surface area contributed by atoms with Gasteiger partial charge in [-0.15, -0.1) is 0 Å². The second-order valence-electron chi connectivity index (χ2n) is 5.91. The maximum absolute atomic E-state index is 12.2. The summed E-state index contributed by atoms with van der Waals surface area (Å²) in [6.07, 6.45) is 3.84. The number of carbonyl (C=O) groups is 1. The third-order valence-electron chi connectivity index (χ3n) is 3.57. The minimum absolute atomic E-state index is 0.0179. The van der Waals surface area contributed by atoms with Crippen LogP contribution in [0.5, 0.6) is 0 Å². The van der Waals surface area contributed by atoms with Crippen LogP contribution < -0.4 is 14.8 Å². The molecule has 22 heavy (non-hydrogen) atoms. The van der Waals surface area contributed by atoms with E-state index in [1.165, 1.54) is 0 Å². The fourth-order valence-corrected chi connectivity index (χ4v) is 2.32. The minimum Gasteiger partial charge on any atom is -0.377 e. The topological polar surface area (TPSA) is 36.2 Å². The number of hydrogen-bond acceptors (Lipinski definition) is 2. The second-order valence-corrected chi connectivity index (χ2v) is 5.91. The second kappa shape index (κ2) is 7.07. The highest BCUT2D eigenvalue weighted by atomic mass is 16.1. The van der Waals surface area contributed by atoms with Crippen LogP contribution in [0, 0.1) is 0 Å². The van der Waals surface area contributed by atoms with Crippen LogP contribution in [0.15, 0.2) is 48.8 Å². The first kappa shape index (κ1) is 16.0. The van der Waals surface area contributed by atoms with Crippen LogP contribution >= 0.6 is 0 Å². The molecule has 0 atom stereocenters. The van der Waals surface area contributed by atoms with Crippen LogP contribution in [-0.4, -0.2) is 20.0 Å². The van der Waals surface area contributed by atoms with Crippen molar-refractivity contribution < 1.29 is 9.36 Å². The predicted octanol–water partition coefficient (Wildman–Crippen LogP) is 2.80. The van der Waals surface area contributed by atoms with E-state index >= 15 is 0 Å². The molecule has 0 bridgehead atoms. The Bertz CT molecular complexity index is 633. The Morgan fingerprint density at radius 3 is 2.36 bits per heavy atom. The SMILES string of the molecule is CC(C)c1ccccc1NC(=O)C[n+]1ccc(N(C)C)cc1. The van der Waals surface area contributed by atoms with Crippen LogP contribution in [0.3, 0.4) is 0 Å². The molecule has 116 valence electrons. The molecule has 2 aromatic rings. The smallest absolute Gasteiger partial charge is 0.290 e. The lowest BCUT2D eigenvalue weighted by atomic mass is 10.0. The number of carbonyl (C=O) groups excluding carboxylic acids is 1. The molecule has 0 aliphatic rings. The van der Waals surface area contributed by atoms with E-state index in [2.05, 4.69) is 25.2 Å². The first-order valence-electron chi connectivity index (χ1n) is 7.52. The number of pyridine rings is 1. The molecule has 1 aromatic carbocycles. The summed E-state index contributed by atoms with van der Waals surface area (Å²) in [4.78, 5) is 14.3. The number of para-hydroxylation sites is 1. The monoisotopic (exact) mass is 298 g/mol. The third-order valence-corrected chi connectivity index (χ3v) is 3.57. The highest BCUT2D eigenvalue weighted by Crippen LogP contribution is 2.23. The van der Waals surface area contributed by atoms with Crippen LogP contribution in [0.1, 0.15) is 25.3 Å². The molecule has 0 radical (unpaired) electrons. The highest BCUT2D eigenvalue weighted by Gasteiger charge is 2.13. The highest BCUT2D eigenvalue weighted by molar-refractivity contribution is 5.90. The van der Waals surface area contributed by atoms with E-state index in [9.17, 15) is 4.79 Å². The van der Waals surface area contributed by atoms with Crippen molar-refractivity contribution in [2.45, 2.75) is 26.3 Å². The standard InChI is InChI=1S/C18H23N3O/c1-14(2)16-7-5-6-8-17(16)19-18(22)13-21-11-9-15(10-12-21)20(3)4/h5-12,14H,13H2,1-4H3/p+1. The third kappa shape index (κ3) is 4.07. The first-order valence-corrected chi connectivity index (χ1v) is 7.52. The molecule has 0 fully saturated rings. The molecular weight excluding hydrogens is 274 g/mol. The number of aromatic nitrogens is 1. The summed E-state index contributed by atoms with van der Waals surface area (Å²) in [6, 6.07) is 11.9. The zero-order valence-electron chi connectivity index (χ0n) is 13.7. The number of amides is 1. The van der Waals surface area contributed by atoms with Crippen LogP contribution in [0.4, 0.5) is 11.4 Å². The maximum Gasteiger partial charge on any atom is 0.290 e. The van der Waals surface area contributed by atoms with Gasteiger partial charge in [0.25, 0.3) is 5.91 Å². The summed E-state index contributed by atoms with van der Waals surface area (Å²) >= 11 is 0. The molecule has 2 rings (SSSR count). The molecule has 0 aliphatic heterocycles. The van der Waals surface area contributed by atoms with Gasteiger partial charge in [-0.2, -0.15) is 4.57 Å². The lowest BCUT2D eigenvalue weighted by Crippen LogP contribution is -2.39. The van der Waals surface area contributed by atoms with Gasteiger partial charge >= 0.3 is 0 Å². The summed E-state index contributed by atoms with van der Waals surface area (Å²) in [5, 5.41) is 3.01. The zero-order valence-corrected chi connectivity index (χ0v) is 13.7. The maximum atomic E-state index is 12.2. The van der Waals surface area contributed by atoms with Crippen LogP contribution in [0.25, 0.3) is 0 Å². The lowest BCUT2D eigenvalue weighted by molar-refractivity contribution is -0.684. The normalized spacial score (nSPS) is 10.6. The number of benzene rings is 1. The molecule has 0 aliphatic carbocycles. The molecule has 0 saturated carbocycles. The molecule has 4 heteroatoms. The van der Waals surface area contributed by atoms with Crippen molar-refractivity contribution in [1.82, 2.24) is 0 Å². The van der Waals surface area contributed by atoms with Gasteiger partial charge in [0.05, 0.1) is 0 Å². The summed E-state index contributed by atoms with van der Waals surface area (Å²) in [6.45, 7) is 4.56. The number of rotatable bonds is 5. The summed E-state index contributed by atoms with van der Waals surface area (Å²) in [5.74, 6) is 0.360. The van der Waals surface area contributed by atoms with E-state index in [0.29, 0.717) is 12.5 Å². The van der Waals surface area contributed by atoms with Gasteiger partial charge in [0.2, 0.25) is 6.54 Å². The average Bonchev–Trinajstić information content (AvgIpc) is 2.48. The largest absolute Gasteiger partial charge is 0.377 e. The van der Waals surface area contributed by atoms with E-state index in [1.54, 1.807) is 0 Å². The lowest BCUT2D eigenvalue weighted by Gasteiger charge is -2.13. The predicted molar refractivity (Wildman–Crippen MR) is 90.1 cm³/mol. The molecule has 1 aromatic heterocycles. The summed E-state index contributed by atoms with van der Waals surface area (Å²) < 4.78 is 1.88. The fraction of sp³-hybridized carbons (Fsp3) is 0.333. The van der Waals surface area contributed by atoms with Crippen molar-refractivity contribution in [2.75, 3.05) is 24.3 Å². The van der Waals surface area contributed by atoms with E-state index < -0.39 is 0 Å². The van der Waals surface area contributed by atoms with Gasteiger partial charge in [-0.1, -0.05) is 32.0 Å². The first-order chi connectivity index (χ1) is 10.5. The molecule has 1 amide bonds. The Morgan fingerprint density at radius 1 is 1.14 bits per heavy atom. The van der Waals surface area contributed by atoms with Gasteiger partial charge in [-0.05, 0) is 17.5 Å². The number of anilines is 2. The summed E-state index contributed by atoms with van der Waals surface area (Å²) in [7, 11) is 3.99. The number of hydrogen-bond donors (Lipinski definition) is 1. The van der Waals surface area contributed by atoms with E-state index in [0.717, 1.165) is 16.9 Å². The Balaban J connectivity index is 2.04. The van der Waals surface area contributed by atoms with E-state index in [4.69, 9.17) is 0 Å². The van der Waals surface area contributed by atoms with Crippen molar-refractivity contribution in [3.05, 3.63) is 54.4 Å². The molecule has 1 heterocycles.